The summed E-state index contributed by atoms with van der Waals surface area (Å²) in [5.74, 6) is -2.21. The number of amides is 2. The maximum atomic E-state index is 12.7. The predicted molar refractivity (Wildman–Crippen MR) is 73.0 cm³/mol. The summed E-state index contributed by atoms with van der Waals surface area (Å²) >= 11 is 0. The van der Waals surface area contributed by atoms with Crippen molar-refractivity contribution in [3.8, 4) is 0 Å². The molecule has 1 rings (SSSR count). The molecule has 0 unspecified atom stereocenters. The Hall–Kier alpha value is -2.44. The first-order valence-electron chi connectivity index (χ1n) is 6.47. The molecule has 0 spiro atoms. The van der Waals surface area contributed by atoms with Gasteiger partial charge in [-0.25, -0.2) is 4.39 Å². The third kappa shape index (κ3) is 7.66. The van der Waals surface area contributed by atoms with E-state index in [4.69, 9.17) is 5.11 Å². The van der Waals surface area contributed by atoms with Gasteiger partial charge in [0.05, 0.1) is 0 Å². The average molecular weight is 296 g/mol. The Labute approximate surface area is 121 Å². The van der Waals surface area contributed by atoms with Crippen molar-refractivity contribution in [3.05, 3.63) is 35.6 Å². The van der Waals surface area contributed by atoms with E-state index in [0.29, 0.717) is 13.0 Å². The number of aliphatic carboxylic acids is 1. The summed E-state index contributed by atoms with van der Waals surface area (Å²) in [4.78, 5) is 32.9. The van der Waals surface area contributed by atoms with Crippen molar-refractivity contribution in [2.24, 2.45) is 0 Å². The van der Waals surface area contributed by atoms with Gasteiger partial charge in [-0.05, 0) is 24.1 Å². The van der Waals surface area contributed by atoms with Crippen molar-refractivity contribution in [2.45, 2.75) is 19.3 Å². The summed E-state index contributed by atoms with van der Waals surface area (Å²) in [6.45, 7) is -0.0633. The minimum Gasteiger partial charge on any atom is -0.480 e. The zero-order valence-corrected chi connectivity index (χ0v) is 11.4. The van der Waals surface area contributed by atoms with Gasteiger partial charge in [0.1, 0.15) is 12.4 Å². The average Bonchev–Trinajstić information content (AvgIpc) is 2.45. The van der Waals surface area contributed by atoms with Crippen LogP contribution in [0.2, 0.25) is 0 Å². The van der Waals surface area contributed by atoms with Gasteiger partial charge in [0.25, 0.3) is 0 Å². The van der Waals surface area contributed by atoms with E-state index in [2.05, 4.69) is 10.6 Å². The normalized spacial score (nSPS) is 9.95. The van der Waals surface area contributed by atoms with E-state index in [1.807, 2.05) is 0 Å². The fourth-order valence-electron chi connectivity index (χ4n) is 1.58. The van der Waals surface area contributed by atoms with Crippen LogP contribution in [-0.2, 0) is 20.8 Å². The predicted octanol–water partition coefficient (Wildman–Crippen LogP) is 0.465. The molecule has 0 aliphatic carbocycles. The fourth-order valence-corrected chi connectivity index (χ4v) is 1.58. The molecule has 0 bridgehead atoms. The monoisotopic (exact) mass is 296 g/mol. The van der Waals surface area contributed by atoms with Crippen LogP contribution in [0.25, 0.3) is 0 Å². The molecule has 0 saturated carbocycles. The minimum atomic E-state index is -1.13. The van der Waals surface area contributed by atoms with Crippen LogP contribution < -0.4 is 10.6 Å². The molecule has 0 aliphatic rings. The molecule has 1 aromatic rings. The standard InChI is InChI=1S/C14H17FN2O4/c15-11-3-1-10(2-4-11)7-8-16-12(18)5-6-13(19)17-9-14(20)21/h1-4H,5-9H2,(H,16,18)(H,17,19)(H,20,21). The molecule has 21 heavy (non-hydrogen) atoms. The number of carbonyl (C=O) groups excluding carboxylic acids is 2. The molecule has 0 fully saturated rings. The van der Waals surface area contributed by atoms with Gasteiger partial charge in [0, 0.05) is 19.4 Å². The van der Waals surface area contributed by atoms with Gasteiger partial charge >= 0.3 is 5.97 Å². The molecule has 0 radical (unpaired) electrons. The van der Waals surface area contributed by atoms with Crippen molar-refractivity contribution >= 4 is 17.8 Å². The van der Waals surface area contributed by atoms with Gasteiger partial charge in [-0.3, -0.25) is 14.4 Å². The lowest BCUT2D eigenvalue weighted by Gasteiger charge is -2.05. The second-order valence-corrected chi connectivity index (χ2v) is 4.40. The highest BCUT2D eigenvalue weighted by Gasteiger charge is 2.07. The van der Waals surface area contributed by atoms with Crippen LogP contribution in [-0.4, -0.2) is 36.0 Å². The van der Waals surface area contributed by atoms with Crippen LogP contribution in [0.15, 0.2) is 24.3 Å². The molecular formula is C14H17FN2O4. The van der Waals surface area contributed by atoms with E-state index in [1.54, 1.807) is 12.1 Å². The Kier molecular flexibility index (Phi) is 6.86. The van der Waals surface area contributed by atoms with Crippen molar-refractivity contribution in [1.29, 1.82) is 0 Å². The first kappa shape index (κ1) is 16.6. The lowest BCUT2D eigenvalue weighted by molar-refractivity contribution is -0.138. The van der Waals surface area contributed by atoms with E-state index in [1.165, 1.54) is 12.1 Å². The van der Waals surface area contributed by atoms with Crippen LogP contribution in [0, 0.1) is 5.82 Å². The molecule has 114 valence electrons. The summed E-state index contributed by atoms with van der Waals surface area (Å²) in [6, 6.07) is 5.98. The molecule has 0 saturated heterocycles. The van der Waals surface area contributed by atoms with Gasteiger partial charge in [-0.1, -0.05) is 12.1 Å². The SMILES string of the molecule is O=C(O)CNC(=O)CCC(=O)NCCc1ccc(F)cc1. The first-order chi connectivity index (χ1) is 9.97. The van der Waals surface area contributed by atoms with Crippen LogP contribution in [0.4, 0.5) is 4.39 Å². The number of hydrogen-bond donors (Lipinski definition) is 3. The van der Waals surface area contributed by atoms with Crippen LogP contribution >= 0.6 is 0 Å². The molecule has 6 nitrogen and oxygen atoms in total. The lowest BCUT2D eigenvalue weighted by atomic mass is 10.1. The largest absolute Gasteiger partial charge is 0.480 e. The molecule has 7 heteroatoms. The highest BCUT2D eigenvalue weighted by Crippen LogP contribution is 2.02. The van der Waals surface area contributed by atoms with Crippen LogP contribution in [0.5, 0.6) is 0 Å². The number of halogens is 1. The Morgan fingerprint density at radius 1 is 1.00 bits per heavy atom. The van der Waals surface area contributed by atoms with E-state index in [0.717, 1.165) is 5.56 Å². The summed E-state index contributed by atoms with van der Waals surface area (Å²) in [5.41, 5.74) is 0.899. The number of carbonyl (C=O) groups is 3. The van der Waals surface area contributed by atoms with Gasteiger partial charge in [-0.15, -0.1) is 0 Å². The van der Waals surface area contributed by atoms with E-state index >= 15 is 0 Å². The van der Waals surface area contributed by atoms with Crippen molar-refractivity contribution in [1.82, 2.24) is 10.6 Å². The third-order valence-corrected chi connectivity index (χ3v) is 2.67. The summed E-state index contributed by atoms with van der Waals surface area (Å²) in [7, 11) is 0. The number of hydrogen-bond acceptors (Lipinski definition) is 3. The van der Waals surface area contributed by atoms with E-state index in [9.17, 15) is 18.8 Å². The zero-order valence-electron chi connectivity index (χ0n) is 11.4. The molecule has 1 aromatic carbocycles. The van der Waals surface area contributed by atoms with Crippen molar-refractivity contribution in [3.63, 3.8) is 0 Å². The number of carboxylic acids is 1. The van der Waals surface area contributed by atoms with E-state index in [-0.39, 0.29) is 24.6 Å². The van der Waals surface area contributed by atoms with Gasteiger partial charge in [0.2, 0.25) is 11.8 Å². The smallest absolute Gasteiger partial charge is 0.322 e. The van der Waals surface area contributed by atoms with Gasteiger partial charge < -0.3 is 15.7 Å². The number of nitrogens with one attached hydrogen (secondary N) is 2. The molecular weight excluding hydrogens is 279 g/mol. The number of benzene rings is 1. The maximum absolute atomic E-state index is 12.7. The second-order valence-electron chi connectivity index (χ2n) is 4.40. The molecule has 3 N–H and O–H groups in total. The van der Waals surface area contributed by atoms with Gasteiger partial charge in [-0.2, -0.15) is 0 Å². The Morgan fingerprint density at radius 3 is 2.14 bits per heavy atom. The fraction of sp³-hybridized carbons (Fsp3) is 0.357. The Morgan fingerprint density at radius 2 is 1.57 bits per heavy atom. The topological polar surface area (TPSA) is 95.5 Å². The molecule has 0 aliphatic heterocycles. The Bertz CT molecular complexity index is 502. The quantitative estimate of drug-likeness (QED) is 0.649. The van der Waals surface area contributed by atoms with Crippen molar-refractivity contribution in [2.75, 3.05) is 13.1 Å². The van der Waals surface area contributed by atoms with Crippen LogP contribution in [0.3, 0.4) is 0 Å². The molecule has 2 amide bonds. The highest BCUT2D eigenvalue weighted by molar-refractivity contribution is 5.85. The summed E-state index contributed by atoms with van der Waals surface area (Å²) in [6.07, 6.45) is 0.502. The molecule has 0 atom stereocenters. The van der Waals surface area contributed by atoms with E-state index < -0.39 is 18.4 Å². The highest BCUT2D eigenvalue weighted by atomic mass is 19.1. The minimum absolute atomic E-state index is 0.00509. The third-order valence-electron chi connectivity index (χ3n) is 2.67. The number of carboxylic acid groups (broad SMARTS) is 1. The molecule has 0 aromatic heterocycles. The molecule has 0 heterocycles. The van der Waals surface area contributed by atoms with Crippen LogP contribution in [0.1, 0.15) is 18.4 Å². The lowest BCUT2D eigenvalue weighted by Crippen LogP contribution is -2.31. The second kappa shape index (κ2) is 8.68. The first-order valence-corrected chi connectivity index (χ1v) is 6.47. The Balaban J connectivity index is 2.15. The summed E-state index contributed by atoms with van der Waals surface area (Å²) < 4.78 is 12.7. The zero-order chi connectivity index (χ0) is 15.7. The maximum Gasteiger partial charge on any atom is 0.322 e. The van der Waals surface area contributed by atoms with Gasteiger partial charge in [0.15, 0.2) is 0 Å². The van der Waals surface area contributed by atoms with Crippen molar-refractivity contribution < 1.29 is 23.9 Å². The summed E-state index contributed by atoms with van der Waals surface area (Å²) in [5, 5.41) is 13.2. The number of rotatable bonds is 8.